The van der Waals surface area contributed by atoms with E-state index in [0.717, 1.165) is 24.7 Å². The molecule has 0 amide bonds. The van der Waals surface area contributed by atoms with Gasteiger partial charge in [-0.1, -0.05) is 0 Å². The van der Waals surface area contributed by atoms with Crippen LogP contribution in [0.4, 0.5) is 0 Å². The Labute approximate surface area is 110 Å². The van der Waals surface area contributed by atoms with Gasteiger partial charge in [0, 0.05) is 19.6 Å². The molecular formula is C11H9BrINO. The number of aromatic nitrogens is 1. The molecule has 1 aromatic heterocycles. The third kappa shape index (κ3) is 2.25. The van der Waals surface area contributed by atoms with E-state index in [9.17, 15) is 0 Å². The average molecular weight is 378 g/mol. The molecule has 0 atom stereocenters. The quantitative estimate of drug-likeness (QED) is 0.738. The van der Waals surface area contributed by atoms with Crippen LogP contribution in [0.1, 0.15) is 6.92 Å². The summed E-state index contributed by atoms with van der Waals surface area (Å²) in [6, 6.07) is 5.93. The summed E-state index contributed by atoms with van der Waals surface area (Å²) in [6.45, 7) is 2.66. The van der Waals surface area contributed by atoms with Crippen LogP contribution in [0.2, 0.25) is 0 Å². The Kier molecular flexibility index (Phi) is 3.45. The number of benzene rings is 1. The molecule has 0 spiro atoms. The number of halogens is 2. The fourth-order valence-electron chi connectivity index (χ4n) is 1.37. The molecule has 4 heteroatoms. The van der Waals surface area contributed by atoms with Crippen molar-refractivity contribution in [2.75, 3.05) is 6.61 Å². The first-order valence-electron chi connectivity index (χ1n) is 4.59. The van der Waals surface area contributed by atoms with Crippen molar-refractivity contribution in [1.29, 1.82) is 0 Å². The maximum atomic E-state index is 5.46. The molecule has 1 heterocycles. The normalized spacial score (nSPS) is 10.6. The van der Waals surface area contributed by atoms with Gasteiger partial charge in [0.15, 0.2) is 0 Å². The number of hydrogen-bond acceptors (Lipinski definition) is 2. The predicted octanol–water partition coefficient (Wildman–Crippen LogP) is 4.00. The summed E-state index contributed by atoms with van der Waals surface area (Å²) < 4.78 is 7.64. The second kappa shape index (κ2) is 4.65. The molecule has 0 aliphatic carbocycles. The lowest BCUT2D eigenvalue weighted by molar-refractivity contribution is 0.340. The Hall–Kier alpha value is -0.360. The SMILES string of the molecule is CCOc1ccc2ncc(I)c(Br)c2c1. The van der Waals surface area contributed by atoms with Crippen LogP contribution in [-0.2, 0) is 0 Å². The zero-order valence-corrected chi connectivity index (χ0v) is 11.9. The topological polar surface area (TPSA) is 22.1 Å². The first-order chi connectivity index (χ1) is 7.22. The standard InChI is InChI=1S/C11H9BrINO/c1-2-15-7-3-4-10-8(5-7)11(12)9(13)6-14-10/h3-6H,2H2,1H3. The molecule has 2 aromatic rings. The van der Waals surface area contributed by atoms with Crippen molar-refractivity contribution in [1.82, 2.24) is 4.98 Å². The molecule has 0 fully saturated rings. The highest BCUT2D eigenvalue weighted by atomic mass is 127. The monoisotopic (exact) mass is 377 g/mol. The molecule has 0 aliphatic heterocycles. The summed E-state index contributed by atoms with van der Waals surface area (Å²) in [5, 5.41) is 1.09. The Morgan fingerprint density at radius 2 is 2.27 bits per heavy atom. The molecule has 0 radical (unpaired) electrons. The fraction of sp³-hybridized carbons (Fsp3) is 0.182. The lowest BCUT2D eigenvalue weighted by Crippen LogP contribution is -1.92. The van der Waals surface area contributed by atoms with Gasteiger partial charge in [0.25, 0.3) is 0 Å². The zero-order valence-electron chi connectivity index (χ0n) is 8.13. The highest BCUT2D eigenvalue weighted by Gasteiger charge is 2.05. The summed E-state index contributed by atoms with van der Waals surface area (Å²) in [5.41, 5.74) is 0.978. The van der Waals surface area contributed by atoms with E-state index in [1.807, 2.05) is 31.3 Å². The first kappa shape index (κ1) is 11.1. The van der Waals surface area contributed by atoms with Crippen molar-refractivity contribution in [3.05, 3.63) is 32.4 Å². The van der Waals surface area contributed by atoms with E-state index in [0.29, 0.717) is 6.61 Å². The summed E-state index contributed by atoms with van der Waals surface area (Å²) in [7, 11) is 0. The molecule has 0 N–H and O–H groups in total. The molecule has 0 unspecified atom stereocenters. The number of ether oxygens (including phenoxy) is 1. The smallest absolute Gasteiger partial charge is 0.120 e. The van der Waals surface area contributed by atoms with Crippen LogP contribution in [0.5, 0.6) is 5.75 Å². The molecule has 0 saturated heterocycles. The van der Waals surface area contributed by atoms with Crippen LogP contribution in [-0.4, -0.2) is 11.6 Å². The minimum atomic E-state index is 0.681. The summed E-state index contributed by atoms with van der Waals surface area (Å²) >= 11 is 5.82. The zero-order chi connectivity index (χ0) is 10.8. The highest BCUT2D eigenvalue weighted by molar-refractivity contribution is 14.1. The van der Waals surface area contributed by atoms with E-state index in [4.69, 9.17) is 4.74 Å². The van der Waals surface area contributed by atoms with Crippen molar-refractivity contribution in [2.45, 2.75) is 6.92 Å². The van der Waals surface area contributed by atoms with Crippen molar-refractivity contribution < 1.29 is 4.74 Å². The second-order valence-corrected chi connectivity index (χ2v) is 4.99. The van der Waals surface area contributed by atoms with Crippen LogP contribution in [0.15, 0.2) is 28.9 Å². The molecule has 78 valence electrons. The third-order valence-corrected chi connectivity index (χ3v) is 4.46. The Balaban J connectivity index is 2.63. The number of hydrogen-bond donors (Lipinski definition) is 0. The summed E-state index contributed by atoms with van der Waals surface area (Å²) in [5.74, 6) is 0.884. The number of rotatable bonds is 2. The molecule has 1 aromatic carbocycles. The van der Waals surface area contributed by atoms with E-state index >= 15 is 0 Å². The lowest BCUT2D eigenvalue weighted by Gasteiger charge is -2.06. The first-order valence-corrected chi connectivity index (χ1v) is 6.46. The number of nitrogens with zero attached hydrogens (tertiary/aromatic N) is 1. The van der Waals surface area contributed by atoms with Crippen LogP contribution in [0, 0.1) is 3.57 Å². The van der Waals surface area contributed by atoms with Crippen molar-refractivity contribution in [3.8, 4) is 5.75 Å². The Bertz CT molecular complexity index is 501. The molecule has 2 nitrogen and oxygen atoms in total. The van der Waals surface area contributed by atoms with Gasteiger partial charge in [0.05, 0.1) is 12.1 Å². The minimum absolute atomic E-state index is 0.681. The van der Waals surface area contributed by atoms with E-state index < -0.39 is 0 Å². The van der Waals surface area contributed by atoms with E-state index in [1.54, 1.807) is 0 Å². The molecule has 15 heavy (non-hydrogen) atoms. The Morgan fingerprint density at radius 3 is 3.00 bits per heavy atom. The maximum absolute atomic E-state index is 5.46. The van der Waals surface area contributed by atoms with Crippen LogP contribution < -0.4 is 4.74 Å². The summed E-state index contributed by atoms with van der Waals surface area (Å²) in [4.78, 5) is 4.35. The van der Waals surface area contributed by atoms with E-state index in [-0.39, 0.29) is 0 Å². The molecule has 0 bridgehead atoms. The van der Waals surface area contributed by atoms with Crippen molar-refractivity contribution >= 4 is 49.4 Å². The average Bonchev–Trinajstić information content (AvgIpc) is 2.25. The number of pyridine rings is 1. The molecule has 0 saturated carbocycles. The van der Waals surface area contributed by atoms with Gasteiger partial charge in [-0.15, -0.1) is 0 Å². The minimum Gasteiger partial charge on any atom is -0.494 e. The van der Waals surface area contributed by atoms with Gasteiger partial charge in [0.1, 0.15) is 5.75 Å². The van der Waals surface area contributed by atoms with Gasteiger partial charge < -0.3 is 4.74 Å². The maximum Gasteiger partial charge on any atom is 0.120 e. The second-order valence-electron chi connectivity index (χ2n) is 3.03. The van der Waals surface area contributed by atoms with Gasteiger partial charge in [-0.2, -0.15) is 0 Å². The lowest BCUT2D eigenvalue weighted by atomic mass is 10.2. The van der Waals surface area contributed by atoms with Gasteiger partial charge in [-0.3, -0.25) is 4.98 Å². The van der Waals surface area contributed by atoms with Crippen molar-refractivity contribution in [3.63, 3.8) is 0 Å². The van der Waals surface area contributed by atoms with Gasteiger partial charge in [-0.05, 0) is 63.6 Å². The molecular weight excluding hydrogens is 369 g/mol. The van der Waals surface area contributed by atoms with Gasteiger partial charge >= 0.3 is 0 Å². The fourth-order valence-corrected chi connectivity index (χ4v) is 2.22. The Morgan fingerprint density at radius 1 is 1.47 bits per heavy atom. The van der Waals surface area contributed by atoms with E-state index in [2.05, 4.69) is 43.5 Å². The predicted molar refractivity (Wildman–Crippen MR) is 73.3 cm³/mol. The van der Waals surface area contributed by atoms with Crippen LogP contribution in [0.3, 0.4) is 0 Å². The summed E-state index contributed by atoms with van der Waals surface area (Å²) in [6.07, 6.45) is 1.85. The number of fused-ring (bicyclic) bond motifs is 1. The van der Waals surface area contributed by atoms with E-state index in [1.165, 1.54) is 0 Å². The largest absolute Gasteiger partial charge is 0.494 e. The van der Waals surface area contributed by atoms with Crippen LogP contribution >= 0.6 is 38.5 Å². The van der Waals surface area contributed by atoms with Crippen LogP contribution in [0.25, 0.3) is 10.9 Å². The molecule has 2 rings (SSSR count). The van der Waals surface area contributed by atoms with Gasteiger partial charge in [-0.25, -0.2) is 0 Å². The third-order valence-electron chi connectivity index (χ3n) is 2.04. The highest BCUT2D eigenvalue weighted by Crippen LogP contribution is 2.29. The molecule has 0 aliphatic rings. The van der Waals surface area contributed by atoms with Gasteiger partial charge in [0.2, 0.25) is 0 Å². The van der Waals surface area contributed by atoms with Crippen molar-refractivity contribution in [2.24, 2.45) is 0 Å².